The third-order valence-electron chi connectivity index (χ3n) is 6.31. The van der Waals surface area contributed by atoms with Crippen LogP contribution >= 0.6 is 0 Å². The maximum atomic E-state index is 13.0. The molecule has 0 saturated carbocycles. The monoisotopic (exact) mass is 522 g/mol. The molecule has 0 bridgehead atoms. The van der Waals surface area contributed by atoms with Gasteiger partial charge in [0.2, 0.25) is 23.6 Å². The van der Waals surface area contributed by atoms with Gasteiger partial charge in [0, 0.05) is 12.8 Å². The average Bonchev–Trinajstić information content (AvgIpc) is 3.16. The topological polar surface area (TPSA) is 185 Å². The van der Waals surface area contributed by atoms with E-state index < -0.39 is 35.7 Å². The largest absolute Gasteiger partial charge is 0.488 e. The number of aliphatic hydroxyl groups excluding tert-OH is 1. The molecule has 6 amide bonds. The van der Waals surface area contributed by atoms with E-state index in [1.54, 1.807) is 36.4 Å². The van der Waals surface area contributed by atoms with Crippen molar-refractivity contribution >= 4 is 35.4 Å². The number of carbonyl (C=O) groups excluding carboxylic acids is 6. The molecule has 3 aliphatic heterocycles. The highest BCUT2D eigenvalue weighted by atomic mass is 16.5. The molecule has 5 N–H and O–H groups in total. The van der Waals surface area contributed by atoms with Crippen LogP contribution in [0.2, 0.25) is 0 Å². The predicted molar refractivity (Wildman–Crippen MR) is 130 cm³/mol. The molecule has 2 aromatic carbocycles. The molecule has 2 fully saturated rings. The Morgan fingerprint density at radius 2 is 1.47 bits per heavy atom. The number of aliphatic hydroxyl groups is 1. The van der Waals surface area contributed by atoms with Gasteiger partial charge >= 0.3 is 0 Å². The van der Waals surface area contributed by atoms with Crippen molar-refractivity contribution < 1.29 is 38.6 Å². The van der Waals surface area contributed by atoms with Crippen LogP contribution in [-0.4, -0.2) is 57.5 Å². The highest BCUT2D eigenvalue weighted by molar-refractivity contribution is 6.24. The molecule has 2 aromatic rings. The molecule has 0 radical (unpaired) electrons. The van der Waals surface area contributed by atoms with Gasteiger partial charge in [-0.1, -0.05) is 30.3 Å². The van der Waals surface area contributed by atoms with Crippen LogP contribution in [0.15, 0.2) is 42.5 Å². The summed E-state index contributed by atoms with van der Waals surface area (Å²) >= 11 is 0. The van der Waals surface area contributed by atoms with E-state index in [0.717, 1.165) is 16.0 Å². The Hall–Kier alpha value is -4.42. The first-order chi connectivity index (χ1) is 18.2. The van der Waals surface area contributed by atoms with Crippen LogP contribution in [0.1, 0.15) is 57.5 Å². The number of fused-ring (bicyclic) bond motifs is 1. The van der Waals surface area contributed by atoms with Crippen molar-refractivity contribution in [3.8, 4) is 5.75 Å². The zero-order valence-corrected chi connectivity index (χ0v) is 20.3. The van der Waals surface area contributed by atoms with Crippen molar-refractivity contribution in [2.24, 2.45) is 5.73 Å². The number of benzene rings is 2. The van der Waals surface area contributed by atoms with Gasteiger partial charge in [0.05, 0.1) is 23.8 Å². The molecule has 38 heavy (non-hydrogen) atoms. The van der Waals surface area contributed by atoms with Crippen LogP contribution in [0.25, 0.3) is 0 Å². The van der Waals surface area contributed by atoms with Crippen LogP contribution in [0, 0.1) is 0 Å². The number of hydrogen-bond donors (Lipinski definition) is 4. The summed E-state index contributed by atoms with van der Waals surface area (Å²) in [6.45, 7) is 0.113. The van der Waals surface area contributed by atoms with E-state index in [9.17, 15) is 28.8 Å². The van der Waals surface area contributed by atoms with Gasteiger partial charge in [-0.2, -0.15) is 0 Å². The average molecular weight is 523 g/mol. The Kier molecular flexibility index (Phi) is 7.93. The number of nitrogens with one attached hydrogen (secondary N) is 2. The van der Waals surface area contributed by atoms with Gasteiger partial charge in [0.1, 0.15) is 18.4 Å². The summed E-state index contributed by atoms with van der Waals surface area (Å²) in [5.41, 5.74) is 7.17. The van der Waals surface area contributed by atoms with Gasteiger partial charge in [-0.3, -0.25) is 44.3 Å². The van der Waals surface area contributed by atoms with E-state index in [2.05, 4.69) is 10.6 Å². The lowest BCUT2D eigenvalue weighted by atomic mass is 10.0. The summed E-state index contributed by atoms with van der Waals surface area (Å²) in [5, 5.41) is 13.4. The second kappa shape index (κ2) is 11.3. The van der Waals surface area contributed by atoms with E-state index in [-0.39, 0.29) is 54.7 Å². The Labute approximate surface area is 217 Å². The number of hydrogen-bond acceptors (Lipinski definition) is 9. The number of nitrogens with two attached hydrogens (primary N) is 1. The third kappa shape index (κ3) is 5.61. The van der Waals surface area contributed by atoms with E-state index >= 15 is 0 Å². The number of carbonyl (C=O) groups is 6. The van der Waals surface area contributed by atoms with Crippen molar-refractivity contribution in [3.05, 3.63) is 64.7 Å². The minimum atomic E-state index is -1.01. The predicted octanol–water partition coefficient (Wildman–Crippen LogP) is -0.0906. The van der Waals surface area contributed by atoms with Gasteiger partial charge in [0.15, 0.2) is 0 Å². The number of piperidine rings is 2. The molecule has 3 heterocycles. The summed E-state index contributed by atoms with van der Waals surface area (Å²) in [5.74, 6) is -2.57. The number of rotatable bonds is 5. The highest BCUT2D eigenvalue weighted by Gasteiger charge is 2.46. The van der Waals surface area contributed by atoms with Gasteiger partial charge in [0.25, 0.3) is 11.8 Å². The summed E-state index contributed by atoms with van der Waals surface area (Å²) in [4.78, 5) is 71.2. The quantitative estimate of drug-likeness (QED) is 0.390. The second-order valence-corrected chi connectivity index (χ2v) is 8.95. The highest BCUT2D eigenvalue weighted by Crippen LogP contribution is 2.34. The number of nitrogens with zero attached hydrogens (tertiary/aromatic N) is 1. The minimum absolute atomic E-state index is 0.0554. The van der Waals surface area contributed by atoms with Gasteiger partial charge in [-0.05, 0) is 36.1 Å². The molecule has 5 rings (SSSR count). The molecule has 3 aliphatic rings. The second-order valence-electron chi connectivity index (χ2n) is 8.95. The number of ether oxygens (including phenoxy) is 1. The summed E-state index contributed by atoms with van der Waals surface area (Å²) in [7, 11) is 0. The molecule has 0 aromatic heterocycles. The zero-order valence-electron chi connectivity index (χ0n) is 20.3. The first-order valence-electron chi connectivity index (χ1n) is 11.9. The van der Waals surface area contributed by atoms with E-state index in [1.807, 2.05) is 0 Å². The van der Waals surface area contributed by atoms with Crippen LogP contribution in [0.4, 0.5) is 0 Å². The van der Waals surface area contributed by atoms with Gasteiger partial charge in [-0.25, -0.2) is 0 Å². The fourth-order valence-electron chi connectivity index (χ4n) is 4.22. The molecule has 12 heteroatoms. The van der Waals surface area contributed by atoms with Crippen molar-refractivity contribution in [1.82, 2.24) is 15.5 Å². The van der Waals surface area contributed by atoms with Crippen LogP contribution in [0.3, 0.4) is 0 Å². The summed E-state index contributed by atoms with van der Waals surface area (Å²) in [6, 6.07) is 10.4. The number of amides is 6. The lowest BCUT2D eigenvalue weighted by Gasteiger charge is -2.27. The molecule has 198 valence electrons. The van der Waals surface area contributed by atoms with E-state index in [0.29, 0.717) is 12.8 Å². The fraction of sp³-hybridized carbons (Fsp3) is 0.308. The van der Waals surface area contributed by atoms with Gasteiger partial charge in [-0.15, -0.1) is 0 Å². The number of imide groups is 3. The molecule has 2 atom stereocenters. The first kappa shape index (κ1) is 26.6. The molecular weight excluding hydrogens is 496 g/mol. The Morgan fingerprint density at radius 3 is 2.08 bits per heavy atom. The van der Waals surface area contributed by atoms with E-state index in [1.165, 1.54) is 6.07 Å². The van der Waals surface area contributed by atoms with Crippen LogP contribution in [0.5, 0.6) is 5.75 Å². The van der Waals surface area contributed by atoms with Gasteiger partial charge < -0.3 is 15.6 Å². The third-order valence-corrected chi connectivity index (χ3v) is 6.31. The van der Waals surface area contributed by atoms with Crippen molar-refractivity contribution in [2.45, 2.75) is 51.0 Å². The summed E-state index contributed by atoms with van der Waals surface area (Å²) in [6.07, 6.45) is 1.01. The van der Waals surface area contributed by atoms with Crippen molar-refractivity contribution in [2.75, 3.05) is 0 Å². The summed E-state index contributed by atoms with van der Waals surface area (Å²) < 4.78 is 5.79. The zero-order chi connectivity index (χ0) is 27.4. The maximum absolute atomic E-state index is 13.0. The Bertz CT molecular complexity index is 1310. The standard InChI is InChI=1S/C21H18N2O6.C5H8N2O2/c24-10-12-4-6-13(7-5-12)11-29-16-3-1-2-14-18(16)21(28)23(20(14)27)15-8-9-17(25)22-19(15)26;6-3-1-2-4(8)7-5(3)9/h1-7,15,24H,8-11H2,(H,22,25,26);3H,1-2,6H2,(H,7,8,9). The van der Waals surface area contributed by atoms with Crippen LogP contribution in [-0.2, 0) is 32.4 Å². The normalized spacial score (nSPS) is 20.8. The molecule has 0 spiro atoms. The Balaban J connectivity index is 0.000000317. The van der Waals surface area contributed by atoms with Crippen molar-refractivity contribution in [3.63, 3.8) is 0 Å². The first-order valence-corrected chi connectivity index (χ1v) is 11.9. The Morgan fingerprint density at radius 1 is 0.842 bits per heavy atom. The molecule has 0 aliphatic carbocycles. The fourth-order valence-corrected chi connectivity index (χ4v) is 4.22. The SMILES string of the molecule is NC1CCC(=O)NC1=O.O=C1CCC(N2C(=O)c3cccc(OCc4ccc(CO)cc4)c3C2=O)C(=O)N1. The maximum Gasteiger partial charge on any atom is 0.266 e. The van der Waals surface area contributed by atoms with Crippen LogP contribution < -0.4 is 21.1 Å². The van der Waals surface area contributed by atoms with Crippen molar-refractivity contribution in [1.29, 1.82) is 0 Å². The van der Waals surface area contributed by atoms with E-state index in [4.69, 9.17) is 15.6 Å². The molecular formula is C26H26N4O8. The molecule has 12 nitrogen and oxygen atoms in total. The lowest BCUT2D eigenvalue weighted by molar-refractivity contribution is -0.137. The lowest BCUT2D eigenvalue weighted by Crippen LogP contribution is -2.54. The molecule has 2 saturated heterocycles. The minimum Gasteiger partial charge on any atom is -0.488 e. The smallest absolute Gasteiger partial charge is 0.266 e. The molecule has 2 unspecified atom stereocenters.